The molecule has 0 spiro atoms. The van der Waals surface area contributed by atoms with E-state index in [4.69, 9.17) is 0 Å². The van der Waals surface area contributed by atoms with Gasteiger partial charge in [0.2, 0.25) is 5.91 Å². The van der Waals surface area contributed by atoms with E-state index in [1.54, 1.807) is 6.07 Å². The van der Waals surface area contributed by atoms with E-state index >= 15 is 0 Å². The van der Waals surface area contributed by atoms with Crippen molar-refractivity contribution in [3.63, 3.8) is 0 Å². The van der Waals surface area contributed by atoms with Crippen molar-refractivity contribution < 1.29 is 4.79 Å². The van der Waals surface area contributed by atoms with Gasteiger partial charge in [0.15, 0.2) is 0 Å². The zero-order valence-electron chi connectivity index (χ0n) is 7.63. The van der Waals surface area contributed by atoms with Gasteiger partial charge < -0.3 is 5.32 Å². The van der Waals surface area contributed by atoms with Gasteiger partial charge in [-0.05, 0) is 30.2 Å². The molecular formula is C11H12NO. The van der Waals surface area contributed by atoms with Gasteiger partial charge in [-0.15, -0.1) is 6.58 Å². The van der Waals surface area contributed by atoms with Gasteiger partial charge >= 0.3 is 0 Å². The molecule has 2 heteroatoms. The van der Waals surface area contributed by atoms with Gasteiger partial charge in [0.25, 0.3) is 0 Å². The normalized spacial score (nSPS) is 9.31. The number of amides is 1. The highest BCUT2D eigenvalue weighted by Gasteiger charge is 1.96. The lowest BCUT2D eigenvalue weighted by molar-refractivity contribution is -0.114. The summed E-state index contributed by atoms with van der Waals surface area (Å²) in [6, 6.07) is 8.56. The molecule has 0 aliphatic heterocycles. The first-order valence-corrected chi connectivity index (χ1v) is 4.11. The fourth-order valence-electron chi connectivity index (χ4n) is 1.07. The van der Waals surface area contributed by atoms with Crippen molar-refractivity contribution in [1.29, 1.82) is 0 Å². The summed E-state index contributed by atoms with van der Waals surface area (Å²) in [7, 11) is 0. The lowest BCUT2D eigenvalue weighted by atomic mass is 10.1. The predicted octanol–water partition coefficient (Wildman–Crippen LogP) is 2.17. The Kier molecular flexibility index (Phi) is 3.26. The van der Waals surface area contributed by atoms with E-state index < -0.39 is 0 Å². The first-order valence-electron chi connectivity index (χ1n) is 4.11. The number of nitrogens with one attached hydrogen (secondary N) is 1. The third kappa shape index (κ3) is 3.11. The van der Waals surface area contributed by atoms with E-state index in [1.165, 1.54) is 6.92 Å². The molecule has 1 N–H and O–H groups in total. The smallest absolute Gasteiger partial charge is 0.221 e. The molecule has 0 heterocycles. The summed E-state index contributed by atoms with van der Waals surface area (Å²) in [5.41, 5.74) is 1.84. The zero-order valence-corrected chi connectivity index (χ0v) is 7.63. The third-order valence-corrected chi connectivity index (χ3v) is 1.55. The molecule has 0 fully saturated rings. The van der Waals surface area contributed by atoms with Gasteiger partial charge in [-0.2, -0.15) is 0 Å². The summed E-state index contributed by atoms with van der Waals surface area (Å²) in [5.74, 6) is -0.0595. The highest BCUT2D eigenvalue weighted by Crippen LogP contribution is 2.10. The van der Waals surface area contributed by atoms with Crippen molar-refractivity contribution in [2.45, 2.75) is 13.3 Å². The highest BCUT2D eigenvalue weighted by molar-refractivity contribution is 5.88. The molecule has 0 aliphatic rings. The van der Waals surface area contributed by atoms with E-state index in [-0.39, 0.29) is 5.91 Å². The van der Waals surface area contributed by atoms with Gasteiger partial charge in [-0.1, -0.05) is 12.1 Å². The molecule has 0 saturated carbocycles. The van der Waals surface area contributed by atoms with Crippen LogP contribution in [0.25, 0.3) is 0 Å². The van der Waals surface area contributed by atoms with Crippen molar-refractivity contribution in [3.8, 4) is 0 Å². The van der Waals surface area contributed by atoms with Gasteiger partial charge in [0.1, 0.15) is 0 Å². The summed E-state index contributed by atoms with van der Waals surface area (Å²) in [5, 5.41) is 2.71. The second-order valence-corrected chi connectivity index (χ2v) is 2.78. The van der Waals surface area contributed by atoms with Crippen LogP contribution in [0.4, 0.5) is 5.69 Å². The number of carbonyl (C=O) groups is 1. The highest BCUT2D eigenvalue weighted by atomic mass is 16.1. The van der Waals surface area contributed by atoms with Crippen LogP contribution in [0.5, 0.6) is 0 Å². The van der Waals surface area contributed by atoms with Crippen LogP contribution in [-0.4, -0.2) is 5.91 Å². The van der Waals surface area contributed by atoms with Crippen molar-refractivity contribution in [3.05, 3.63) is 42.5 Å². The molecule has 0 saturated heterocycles. The van der Waals surface area contributed by atoms with Crippen LogP contribution in [0.1, 0.15) is 12.5 Å². The lowest BCUT2D eigenvalue weighted by Gasteiger charge is -2.02. The molecule has 0 aromatic heterocycles. The van der Waals surface area contributed by atoms with Gasteiger partial charge in [0, 0.05) is 12.6 Å². The summed E-state index contributed by atoms with van der Waals surface area (Å²) in [4.78, 5) is 10.7. The number of allylic oxidation sites excluding steroid dienone is 1. The maximum Gasteiger partial charge on any atom is 0.221 e. The van der Waals surface area contributed by atoms with Crippen LogP contribution >= 0.6 is 0 Å². The molecule has 0 unspecified atom stereocenters. The Labute approximate surface area is 78.3 Å². The van der Waals surface area contributed by atoms with Crippen LogP contribution in [0.2, 0.25) is 0 Å². The largest absolute Gasteiger partial charge is 0.326 e. The van der Waals surface area contributed by atoms with Crippen LogP contribution < -0.4 is 5.32 Å². The molecule has 0 bridgehead atoms. The second-order valence-electron chi connectivity index (χ2n) is 2.78. The fraction of sp³-hybridized carbons (Fsp3) is 0.182. The Bertz CT molecular complexity index is 318. The summed E-state index contributed by atoms with van der Waals surface area (Å²) >= 11 is 0. The van der Waals surface area contributed by atoms with E-state index in [0.717, 1.165) is 17.7 Å². The summed E-state index contributed by atoms with van der Waals surface area (Å²) < 4.78 is 0. The molecule has 2 nitrogen and oxygen atoms in total. The minimum Gasteiger partial charge on any atom is -0.326 e. The van der Waals surface area contributed by atoms with Crippen molar-refractivity contribution in [2.75, 3.05) is 5.32 Å². The van der Waals surface area contributed by atoms with Gasteiger partial charge in [0.05, 0.1) is 0 Å². The zero-order chi connectivity index (χ0) is 9.68. The molecule has 13 heavy (non-hydrogen) atoms. The van der Waals surface area contributed by atoms with Gasteiger partial charge in [-0.3, -0.25) is 4.79 Å². The molecular weight excluding hydrogens is 162 g/mol. The number of hydrogen-bond donors (Lipinski definition) is 1. The topological polar surface area (TPSA) is 29.1 Å². The first kappa shape index (κ1) is 9.52. The number of carbonyl (C=O) groups excluding carboxylic acids is 1. The average Bonchev–Trinajstić information content (AvgIpc) is 2.04. The van der Waals surface area contributed by atoms with Crippen LogP contribution in [-0.2, 0) is 11.2 Å². The molecule has 1 amide bonds. The van der Waals surface area contributed by atoms with Gasteiger partial charge in [-0.25, -0.2) is 0 Å². The quantitative estimate of drug-likeness (QED) is 0.699. The van der Waals surface area contributed by atoms with E-state index in [9.17, 15) is 4.79 Å². The van der Waals surface area contributed by atoms with E-state index in [1.807, 2.05) is 18.2 Å². The fourth-order valence-corrected chi connectivity index (χ4v) is 1.07. The Balaban J connectivity index is 2.78. The maximum absolute atomic E-state index is 10.7. The molecule has 1 aromatic rings. The molecule has 0 aliphatic carbocycles. The third-order valence-electron chi connectivity index (χ3n) is 1.55. The summed E-state index contributed by atoms with van der Waals surface area (Å²) in [6.07, 6.45) is 2.58. The van der Waals surface area contributed by atoms with E-state index in [0.29, 0.717) is 0 Å². The first-order chi connectivity index (χ1) is 6.22. The minimum atomic E-state index is -0.0595. The average molecular weight is 174 g/mol. The molecule has 1 aromatic carbocycles. The number of hydrogen-bond acceptors (Lipinski definition) is 1. The Morgan fingerprint density at radius 3 is 3.15 bits per heavy atom. The van der Waals surface area contributed by atoms with Crippen molar-refractivity contribution >= 4 is 11.6 Å². The van der Waals surface area contributed by atoms with Crippen LogP contribution in [0.15, 0.2) is 30.9 Å². The number of anilines is 1. The minimum absolute atomic E-state index is 0.0595. The van der Waals surface area contributed by atoms with Crippen LogP contribution in [0.3, 0.4) is 0 Å². The lowest BCUT2D eigenvalue weighted by Crippen LogP contribution is -2.05. The number of benzene rings is 1. The summed E-state index contributed by atoms with van der Waals surface area (Å²) in [6.45, 7) is 5.13. The molecule has 0 atom stereocenters. The molecule has 1 rings (SSSR count). The van der Waals surface area contributed by atoms with Crippen molar-refractivity contribution in [1.82, 2.24) is 0 Å². The van der Waals surface area contributed by atoms with Crippen molar-refractivity contribution in [2.24, 2.45) is 0 Å². The Hall–Kier alpha value is -1.57. The SMILES string of the molecule is C=CCc1[c]ccc(NC(C)=O)c1. The maximum atomic E-state index is 10.7. The standard InChI is InChI=1S/C11H12NO/c1-3-5-10-6-4-7-11(8-10)12-9(2)13/h3-4,7-8H,1,5H2,2H3,(H,12,13). The van der Waals surface area contributed by atoms with Crippen LogP contribution in [0, 0.1) is 6.07 Å². The monoisotopic (exact) mass is 174 g/mol. The van der Waals surface area contributed by atoms with E-state index in [2.05, 4.69) is 18.0 Å². The number of rotatable bonds is 3. The molecule has 1 radical (unpaired) electrons. The Morgan fingerprint density at radius 2 is 2.54 bits per heavy atom. The Morgan fingerprint density at radius 1 is 1.77 bits per heavy atom. The second kappa shape index (κ2) is 4.45. The predicted molar refractivity (Wildman–Crippen MR) is 53.5 cm³/mol. The molecule has 67 valence electrons.